The van der Waals surface area contributed by atoms with Gasteiger partial charge in [0.2, 0.25) is 5.91 Å². The van der Waals surface area contributed by atoms with Gasteiger partial charge in [0, 0.05) is 25.4 Å². The molecule has 0 radical (unpaired) electrons. The van der Waals surface area contributed by atoms with Crippen molar-refractivity contribution in [2.45, 2.75) is 31.6 Å². The van der Waals surface area contributed by atoms with E-state index in [2.05, 4.69) is 34.9 Å². The molecule has 0 bridgehead atoms. The standard InChI is InChI=1S/C25H28N2O5/c28-23(27-14-16-13-21(16)24(29)30)11-5-6-12-26-25(31)32-15-22-19-9-3-1-7-17(19)18-8-2-4-10-20(18)22/h1-4,7-10,16,21-22H,5-6,11-15H2,(H,26,31)(H,27,28)(H,29,30)/t16-,21-/m1/s1. The van der Waals surface area contributed by atoms with E-state index >= 15 is 0 Å². The summed E-state index contributed by atoms with van der Waals surface area (Å²) in [5.74, 6) is -1.09. The van der Waals surface area contributed by atoms with Crippen LogP contribution < -0.4 is 10.6 Å². The molecule has 2 aromatic carbocycles. The molecule has 2 atom stereocenters. The molecule has 168 valence electrons. The van der Waals surface area contributed by atoms with E-state index in [1.54, 1.807) is 0 Å². The number of amides is 2. The molecule has 0 unspecified atom stereocenters. The summed E-state index contributed by atoms with van der Waals surface area (Å²) in [7, 11) is 0. The molecule has 2 aliphatic carbocycles. The van der Waals surface area contributed by atoms with Crippen LogP contribution in [0.1, 0.15) is 42.7 Å². The maximum absolute atomic E-state index is 12.1. The number of nitrogens with one attached hydrogen (secondary N) is 2. The number of alkyl carbamates (subject to hydrolysis) is 1. The van der Waals surface area contributed by atoms with Gasteiger partial charge in [-0.3, -0.25) is 9.59 Å². The molecule has 7 heteroatoms. The molecular weight excluding hydrogens is 408 g/mol. The molecule has 7 nitrogen and oxygen atoms in total. The number of aliphatic carboxylic acids is 1. The molecule has 2 aliphatic rings. The fourth-order valence-corrected chi connectivity index (χ4v) is 4.36. The van der Waals surface area contributed by atoms with Crippen LogP contribution in [0.5, 0.6) is 0 Å². The molecule has 0 aromatic heterocycles. The highest BCUT2D eigenvalue weighted by Crippen LogP contribution is 2.44. The summed E-state index contributed by atoms with van der Waals surface area (Å²) in [5.41, 5.74) is 4.73. The molecule has 2 aromatic rings. The van der Waals surface area contributed by atoms with E-state index in [9.17, 15) is 14.4 Å². The Kier molecular flexibility index (Phi) is 6.73. The maximum atomic E-state index is 12.1. The van der Waals surface area contributed by atoms with Gasteiger partial charge in [-0.15, -0.1) is 0 Å². The van der Waals surface area contributed by atoms with Crippen molar-refractivity contribution in [3.63, 3.8) is 0 Å². The monoisotopic (exact) mass is 436 g/mol. The second-order valence-electron chi connectivity index (χ2n) is 8.45. The van der Waals surface area contributed by atoms with E-state index in [0.717, 1.165) is 0 Å². The highest BCUT2D eigenvalue weighted by molar-refractivity contribution is 5.79. The van der Waals surface area contributed by atoms with Crippen molar-refractivity contribution in [1.29, 1.82) is 0 Å². The molecule has 0 heterocycles. The number of fused-ring (bicyclic) bond motifs is 3. The molecule has 0 saturated heterocycles. The van der Waals surface area contributed by atoms with E-state index < -0.39 is 12.1 Å². The third-order valence-corrected chi connectivity index (χ3v) is 6.24. The lowest BCUT2D eigenvalue weighted by atomic mass is 9.98. The van der Waals surface area contributed by atoms with Crippen molar-refractivity contribution in [2.24, 2.45) is 11.8 Å². The van der Waals surface area contributed by atoms with Crippen molar-refractivity contribution in [3.05, 3.63) is 59.7 Å². The van der Waals surface area contributed by atoms with E-state index in [1.807, 2.05) is 24.3 Å². The summed E-state index contributed by atoms with van der Waals surface area (Å²) in [6, 6.07) is 16.4. The van der Waals surface area contributed by atoms with Gasteiger partial charge in [-0.1, -0.05) is 48.5 Å². The van der Waals surface area contributed by atoms with E-state index in [0.29, 0.717) is 38.8 Å². The Balaban J connectivity index is 1.12. The first-order valence-electron chi connectivity index (χ1n) is 11.1. The van der Waals surface area contributed by atoms with Crippen LogP contribution in [0.25, 0.3) is 11.1 Å². The number of carboxylic acid groups (broad SMARTS) is 1. The van der Waals surface area contributed by atoms with Crippen LogP contribution in [0.2, 0.25) is 0 Å². The van der Waals surface area contributed by atoms with Crippen molar-refractivity contribution in [2.75, 3.05) is 19.7 Å². The smallest absolute Gasteiger partial charge is 0.407 e. The van der Waals surface area contributed by atoms with Gasteiger partial charge in [-0.05, 0) is 47.4 Å². The number of hydrogen-bond acceptors (Lipinski definition) is 4. The molecule has 2 amide bonds. The lowest BCUT2D eigenvalue weighted by molar-refractivity contribution is -0.139. The van der Waals surface area contributed by atoms with Crippen molar-refractivity contribution >= 4 is 18.0 Å². The number of unbranched alkanes of at least 4 members (excludes halogenated alkanes) is 1. The number of carbonyl (C=O) groups is 3. The minimum Gasteiger partial charge on any atom is -0.481 e. The SMILES string of the molecule is O=C(CCCCNC(=O)OCC1c2ccccc2-c2ccccc21)NC[C@H]1C[C@H]1C(=O)O. The molecule has 0 aliphatic heterocycles. The molecule has 0 spiro atoms. The van der Waals surface area contributed by atoms with Crippen LogP contribution >= 0.6 is 0 Å². The van der Waals surface area contributed by atoms with Crippen LogP contribution in [0.4, 0.5) is 4.79 Å². The second-order valence-corrected chi connectivity index (χ2v) is 8.45. The number of ether oxygens (including phenoxy) is 1. The molecular formula is C25H28N2O5. The number of carbonyl (C=O) groups excluding carboxylic acids is 2. The summed E-state index contributed by atoms with van der Waals surface area (Å²) in [6.07, 6.45) is 1.85. The molecule has 1 fully saturated rings. The van der Waals surface area contributed by atoms with Crippen molar-refractivity contribution in [1.82, 2.24) is 10.6 Å². The lowest BCUT2D eigenvalue weighted by Crippen LogP contribution is -2.28. The topological polar surface area (TPSA) is 105 Å². The van der Waals surface area contributed by atoms with Crippen LogP contribution in [-0.2, 0) is 14.3 Å². The van der Waals surface area contributed by atoms with E-state index in [-0.39, 0.29) is 30.3 Å². The first-order valence-corrected chi connectivity index (χ1v) is 11.1. The zero-order valence-corrected chi connectivity index (χ0v) is 17.9. The Morgan fingerprint density at radius 1 is 0.938 bits per heavy atom. The Morgan fingerprint density at radius 3 is 2.22 bits per heavy atom. The fraction of sp³-hybridized carbons (Fsp3) is 0.400. The van der Waals surface area contributed by atoms with Gasteiger partial charge >= 0.3 is 12.1 Å². The van der Waals surface area contributed by atoms with Crippen LogP contribution in [-0.4, -0.2) is 42.8 Å². The third kappa shape index (κ3) is 5.10. The maximum Gasteiger partial charge on any atom is 0.407 e. The minimum atomic E-state index is -0.788. The number of carboxylic acids is 1. The summed E-state index contributed by atoms with van der Waals surface area (Å²) >= 11 is 0. The van der Waals surface area contributed by atoms with Gasteiger partial charge in [-0.25, -0.2) is 4.79 Å². The average Bonchev–Trinajstić information content (AvgIpc) is 3.52. The zero-order chi connectivity index (χ0) is 22.5. The number of benzene rings is 2. The van der Waals surface area contributed by atoms with Gasteiger partial charge < -0.3 is 20.5 Å². The minimum absolute atomic E-state index is 0.0315. The molecule has 4 rings (SSSR count). The van der Waals surface area contributed by atoms with Gasteiger partial charge in [0.05, 0.1) is 5.92 Å². The second kappa shape index (κ2) is 9.85. The van der Waals surface area contributed by atoms with Crippen LogP contribution in [0, 0.1) is 11.8 Å². The Morgan fingerprint density at radius 2 is 1.59 bits per heavy atom. The predicted molar refractivity (Wildman–Crippen MR) is 119 cm³/mol. The lowest BCUT2D eigenvalue weighted by Gasteiger charge is -2.14. The fourth-order valence-electron chi connectivity index (χ4n) is 4.36. The van der Waals surface area contributed by atoms with Gasteiger partial charge in [0.15, 0.2) is 0 Å². The molecule has 1 saturated carbocycles. The summed E-state index contributed by atoms with van der Waals surface area (Å²) < 4.78 is 5.49. The quantitative estimate of drug-likeness (QED) is 0.494. The normalized spacial score (nSPS) is 18.4. The Hall–Kier alpha value is -3.35. The van der Waals surface area contributed by atoms with Crippen molar-refractivity contribution < 1.29 is 24.2 Å². The van der Waals surface area contributed by atoms with Crippen molar-refractivity contribution in [3.8, 4) is 11.1 Å². The van der Waals surface area contributed by atoms with Gasteiger partial charge in [0.1, 0.15) is 6.61 Å². The number of hydrogen-bond donors (Lipinski definition) is 3. The molecule has 3 N–H and O–H groups in total. The third-order valence-electron chi connectivity index (χ3n) is 6.24. The zero-order valence-electron chi connectivity index (χ0n) is 17.9. The van der Waals surface area contributed by atoms with Gasteiger partial charge in [-0.2, -0.15) is 0 Å². The highest BCUT2D eigenvalue weighted by atomic mass is 16.5. The summed E-state index contributed by atoms with van der Waals surface area (Å²) in [4.78, 5) is 34.7. The summed E-state index contributed by atoms with van der Waals surface area (Å²) in [5, 5.41) is 14.4. The predicted octanol–water partition coefficient (Wildman–Crippen LogP) is 3.53. The first-order chi connectivity index (χ1) is 15.5. The molecule has 32 heavy (non-hydrogen) atoms. The van der Waals surface area contributed by atoms with Gasteiger partial charge in [0.25, 0.3) is 0 Å². The van der Waals surface area contributed by atoms with E-state index in [4.69, 9.17) is 9.84 Å². The van der Waals surface area contributed by atoms with E-state index in [1.165, 1.54) is 22.3 Å². The number of rotatable bonds is 10. The Bertz CT molecular complexity index is 960. The largest absolute Gasteiger partial charge is 0.481 e. The average molecular weight is 437 g/mol. The first kappa shape index (κ1) is 21.9. The highest BCUT2D eigenvalue weighted by Gasteiger charge is 2.42. The van der Waals surface area contributed by atoms with Crippen LogP contribution in [0.3, 0.4) is 0 Å². The van der Waals surface area contributed by atoms with Crippen LogP contribution in [0.15, 0.2) is 48.5 Å². The summed E-state index contributed by atoms with van der Waals surface area (Å²) in [6.45, 7) is 1.14. The Labute approximate surface area is 187 Å².